The fourth-order valence-electron chi connectivity index (χ4n) is 2.56. The zero-order valence-electron chi connectivity index (χ0n) is 15.1. The predicted molar refractivity (Wildman–Crippen MR) is 102 cm³/mol. The molecule has 1 aromatic heterocycles. The average molecular weight is 417 g/mol. The van der Waals surface area contributed by atoms with Crippen LogP contribution >= 0.6 is 11.8 Å². The Kier molecular flexibility index (Phi) is 5.94. The van der Waals surface area contributed by atoms with E-state index in [0.29, 0.717) is 22.0 Å². The molecule has 0 aliphatic heterocycles. The molecule has 148 valence electrons. The Labute approximate surface area is 168 Å². The second kappa shape index (κ2) is 8.41. The van der Waals surface area contributed by atoms with E-state index in [-0.39, 0.29) is 17.0 Å². The number of benzene rings is 2. The Hall–Kier alpha value is -3.25. The van der Waals surface area contributed by atoms with E-state index < -0.39 is 11.9 Å². The number of halogens is 3. The van der Waals surface area contributed by atoms with E-state index in [4.69, 9.17) is 0 Å². The van der Waals surface area contributed by atoms with Gasteiger partial charge < -0.3 is 9.72 Å². The van der Waals surface area contributed by atoms with Crippen LogP contribution in [0.2, 0.25) is 0 Å². The van der Waals surface area contributed by atoms with E-state index >= 15 is 0 Å². The number of aryl methyl sites for hydroxylation is 1. The van der Waals surface area contributed by atoms with Gasteiger partial charge in [0.2, 0.25) is 0 Å². The number of nitriles is 1. The van der Waals surface area contributed by atoms with Gasteiger partial charge in [0.15, 0.2) is 5.16 Å². The van der Waals surface area contributed by atoms with Crippen molar-refractivity contribution in [3.8, 4) is 23.1 Å². The molecule has 0 fully saturated rings. The van der Waals surface area contributed by atoms with Crippen molar-refractivity contribution in [2.24, 2.45) is 0 Å². The van der Waals surface area contributed by atoms with Crippen LogP contribution in [0.15, 0.2) is 58.5 Å². The molecule has 9 heteroatoms. The normalized spacial score (nSPS) is 11.1. The van der Waals surface area contributed by atoms with E-state index in [2.05, 4.69) is 14.7 Å². The van der Waals surface area contributed by atoms with Crippen LogP contribution in [0.5, 0.6) is 5.75 Å². The molecule has 3 aromatic rings. The third kappa shape index (κ3) is 5.39. The highest BCUT2D eigenvalue weighted by Gasteiger charge is 2.30. The van der Waals surface area contributed by atoms with Crippen molar-refractivity contribution in [2.75, 3.05) is 0 Å². The number of H-pyrrole nitrogens is 1. The van der Waals surface area contributed by atoms with E-state index in [1.165, 1.54) is 36.0 Å². The molecule has 0 spiro atoms. The molecule has 1 heterocycles. The molecule has 0 unspecified atom stereocenters. The molecule has 2 aromatic carbocycles. The summed E-state index contributed by atoms with van der Waals surface area (Å²) in [7, 11) is 0. The minimum absolute atomic E-state index is 0.0754. The molecule has 29 heavy (non-hydrogen) atoms. The van der Waals surface area contributed by atoms with Gasteiger partial charge in [-0.1, -0.05) is 47.7 Å². The lowest BCUT2D eigenvalue weighted by molar-refractivity contribution is -0.274. The van der Waals surface area contributed by atoms with Crippen molar-refractivity contribution in [3.63, 3.8) is 0 Å². The molecule has 0 amide bonds. The number of nitrogens with one attached hydrogen (secondary N) is 1. The van der Waals surface area contributed by atoms with Crippen molar-refractivity contribution in [1.29, 1.82) is 5.26 Å². The van der Waals surface area contributed by atoms with Gasteiger partial charge in [0, 0.05) is 11.3 Å². The van der Waals surface area contributed by atoms with Crippen LogP contribution in [0.3, 0.4) is 0 Å². The number of hydrogen-bond donors (Lipinski definition) is 1. The molecule has 0 atom stereocenters. The van der Waals surface area contributed by atoms with Crippen LogP contribution in [0, 0.1) is 18.3 Å². The lowest BCUT2D eigenvalue weighted by Gasteiger charge is -2.09. The number of nitrogens with zero attached hydrogens (tertiary/aromatic N) is 2. The minimum Gasteiger partial charge on any atom is -0.406 e. The Morgan fingerprint density at radius 1 is 1.21 bits per heavy atom. The monoisotopic (exact) mass is 417 g/mol. The van der Waals surface area contributed by atoms with Gasteiger partial charge in [0.05, 0.1) is 5.69 Å². The highest BCUT2D eigenvalue weighted by Crippen LogP contribution is 2.27. The Morgan fingerprint density at radius 3 is 2.55 bits per heavy atom. The summed E-state index contributed by atoms with van der Waals surface area (Å²) in [6, 6.07) is 14.6. The molecule has 3 rings (SSSR count). The van der Waals surface area contributed by atoms with Crippen molar-refractivity contribution >= 4 is 11.8 Å². The number of alkyl halides is 3. The fraction of sp³-hybridized carbons (Fsp3) is 0.150. The predicted octanol–water partition coefficient (Wildman–Crippen LogP) is 4.81. The van der Waals surface area contributed by atoms with Crippen LogP contribution in [0.4, 0.5) is 13.2 Å². The molecular weight excluding hydrogens is 403 g/mol. The maximum Gasteiger partial charge on any atom is 0.573 e. The summed E-state index contributed by atoms with van der Waals surface area (Å²) < 4.78 is 40.5. The maximum atomic E-state index is 12.3. The van der Waals surface area contributed by atoms with Crippen LogP contribution in [0.1, 0.15) is 16.7 Å². The third-order valence-electron chi connectivity index (χ3n) is 3.83. The van der Waals surface area contributed by atoms with E-state index in [9.17, 15) is 23.2 Å². The molecular formula is C20H14F3N3O2S. The summed E-state index contributed by atoms with van der Waals surface area (Å²) in [5.41, 5.74) is 2.00. The number of ether oxygens (including phenoxy) is 1. The van der Waals surface area contributed by atoms with E-state index in [0.717, 1.165) is 5.56 Å². The lowest BCUT2D eigenvalue weighted by Crippen LogP contribution is -2.17. The summed E-state index contributed by atoms with van der Waals surface area (Å²) in [4.78, 5) is 19.3. The third-order valence-corrected chi connectivity index (χ3v) is 4.78. The zero-order valence-corrected chi connectivity index (χ0v) is 15.9. The fourth-order valence-corrected chi connectivity index (χ4v) is 3.38. The Balaban J connectivity index is 1.82. The molecule has 0 radical (unpaired) electrons. The molecule has 0 aliphatic rings. The van der Waals surface area contributed by atoms with Crippen molar-refractivity contribution in [2.45, 2.75) is 24.2 Å². The smallest absolute Gasteiger partial charge is 0.406 e. The average Bonchev–Trinajstić information content (AvgIpc) is 2.66. The Morgan fingerprint density at radius 2 is 1.93 bits per heavy atom. The Bertz CT molecular complexity index is 1120. The molecule has 0 saturated heterocycles. The highest BCUT2D eigenvalue weighted by molar-refractivity contribution is 7.98. The maximum absolute atomic E-state index is 12.3. The van der Waals surface area contributed by atoms with Gasteiger partial charge in [0.1, 0.15) is 17.4 Å². The first-order valence-electron chi connectivity index (χ1n) is 8.34. The zero-order chi connectivity index (χ0) is 21.0. The van der Waals surface area contributed by atoms with Crippen LogP contribution in [0.25, 0.3) is 11.3 Å². The van der Waals surface area contributed by atoms with Crippen LogP contribution < -0.4 is 10.3 Å². The van der Waals surface area contributed by atoms with Crippen molar-refractivity contribution in [3.05, 3.63) is 75.6 Å². The molecule has 1 N–H and O–H groups in total. The second-order valence-corrected chi connectivity index (χ2v) is 7.02. The summed E-state index contributed by atoms with van der Waals surface area (Å²) in [6.45, 7) is 1.89. The quantitative estimate of drug-likeness (QED) is 0.476. The number of rotatable bonds is 5. The lowest BCUT2D eigenvalue weighted by atomic mass is 10.1. The van der Waals surface area contributed by atoms with Crippen LogP contribution in [-0.4, -0.2) is 16.3 Å². The topological polar surface area (TPSA) is 78.8 Å². The standard InChI is InChI=1S/C20H14F3N3O2S/c1-12-3-2-4-14(9-12)17-16(10-24)18(27)26-19(25-17)29-11-13-5-7-15(8-6-13)28-20(21,22)23/h2-9H,11H2,1H3,(H,25,26,27). The molecule has 0 saturated carbocycles. The van der Waals surface area contributed by atoms with E-state index in [1.807, 2.05) is 31.2 Å². The van der Waals surface area contributed by atoms with Gasteiger partial charge >= 0.3 is 6.36 Å². The van der Waals surface area contributed by atoms with Crippen LogP contribution in [-0.2, 0) is 5.75 Å². The minimum atomic E-state index is -4.74. The van der Waals surface area contributed by atoms with Gasteiger partial charge in [-0.2, -0.15) is 5.26 Å². The molecule has 0 bridgehead atoms. The van der Waals surface area contributed by atoms with Crippen molar-refractivity contribution < 1.29 is 17.9 Å². The van der Waals surface area contributed by atoms with Gasteiger partial charge in [-0.25, -0.2) is 4.98 Å². The first-order chi connectivity index (χ1) is 13.7. The van der Waals surface area contributed by atoms with Gasteiger partial charge in [-0.15, -0.1) is 13.2 Å². The van der Waals surface area contributed by atoms with Gasteiger partial charge in [-0.3, -0.25) is 4.79 Å². The summed E-state index contributed by atoms with van der Waals surface area (Å²) in [6.07, 6.45) is -4.74. The van der Waals surface area contributed by atoms with E-state index in [1.54, 1.807) is 6.07 Å². The number of hydrogen-bond acceptors (Lipinski definition) is 5. The molecule has 5 nitrogen and oxygen atoms in total. The highest BCUT2D eigenvalue weighted by atomic mass is 32.2. The second-order valence-electron chi connectivity index (χ2n) is 6.06. The number of aromatic amines is 1. The van der Waals surface area contributed by atoms with Crippen molar-refractivity contribution in [1.82, 2.24) is 9.97 Å². The van der Waals surface area contributed by atoms with Gasteiger partial charge in [-0.05, 0) is 30.7 Å². The first kappa shape index (κ1) is 20.5. The number of aromatic nitrogens is 2. The molecule has 0 aliphatic carbocycles. The largest absolute Gasteiger partial charge is 0.573 e. The SMILES string of the molecule is Cc1cccc(-c2nc(SCc3ccc(OC(F)(F)F)cc3)[nH]c(=O)c2C#N)c1. The number of thioether (sulfide) groups is 1. The summed E-state index contributed by atoms with van der Waals surface area (Å²) in [5.74, 6) is 0.0480. The summed E-state index contributed by atoms with van der Waals surface area (Å²) in [5, 5.41) is 9.63. The van der Waals surface area contributed by atoms with Gasteiger partial charge in [0.25, 0.3) is 5.56 Å². The first-order valence-corrected chi connectivity index (χ1v) is 9.32. The summed E-state index contributed by atoms with van der Waals surface area (Å²) >= 11 is 1.20.